The van der Waals surface area contributed by atoms with E-state index in [0.717, 1.165) is 0 Å². The van der Waals surface area contributed by atoms with E-state index in [0.29, 0.717) is 0 Å². The Labute approximate surface area is 172 Å². The molecule has 0 aliphatic carbocycles. The second kappa shape index (κ2) is 102. The first-order valence-electron chi connectivity index (χ1n) is 0. The average Bonchev–Trinajstić information content (AvgIpc) is 0. The maximum Gasteiger partial charge on any atom is 2.00 e. The quantitative estimate of drug-likeness (QED) is 0.375. The van der Waals surface area contributed by atoms with Crippen molar-refractivity contribution in [3.8, 4) is 0 Å². The van der Waals surface area contributed by atoms with Gasteiger partial charge in [0.25, 0.3) is 0 Å². The first-order chi connectivity index (χ1) is 0. The van der Waals surface area contributed by atoms with Gasteiger partial charge in [-0.3, -0.25) is 0 Å². The first kappa shape index (κ1) is 128. The molecule has 0 heterocycles. The van der Waals surface area contributed by atoms with Crippen molar-refractivity contribution in [1.82, 2.24) is 0 Å². The van der Waals surface area contributed by atoms with Crippen LogP contribution in [0.1, 0.15) is 0 Å². The van der Waals surface area contributed by atoms with E-state index in [4.69, 9.17) is 0 Å². The third-order valence-electron chi connectivity index (χ3n) is 0. The number of rotatable bonds is 0. The molecule has 0 aromatic carbocycles. The predicted octanol–water partition coefficient (Wildman–Crippen LogP) is -1.86. The Morgan fingerprint density at radius 1 is 0.300 bits per heavy atom. The molecule has 10 heteroatoms. The maximum absolute atomic E-state index is 0. The van der Waals surface area contributed by atoms with Crippen LogP contribution in [-0.4, -0.2) is 113 Å². The van der Waals surface area contributed by atoms with Crippen molar-refractivity contribution in [2.75, 3.05) is 0 Å². The van der Waals surface area contributed by atoms with Crippen LogP contribution in [0.3, 0.4) is 0 Å². The van der Waals surface area contributed by atoms with E-state index in [1.54, 1.807) is 0 Å². The standard InChI is InChI=1S/3Ca.6O.U/q3*+2;6*-2;. The summed E-state index contributed by atoms with van der Waals surface area (Å²) in [6.07, 6.45) is 0. The van der Waals surface area contributed by atoms with Crippen molar-refractivity contribution in [1.29, 1.82) is 0 Å². The third-order valence-corrected chi connectivity index (χ3v) is 0. The summed E-state index contributed by atoms with van der Waals surface area (Å²) in [6.45, 7) is 0. The average molecular weight is 454 g/mol. The van der Waals surface area contributed by atoms with Gasteiger partial charge in [0.2, 0.25) is 0 Å². The normalized spacial score (nSPS) is 0. The van der Waals surface area contributed by atoms with E-state index >= 15 is 0 Å². The van der Waals surface area contributed by atoms with Crippen molar-refractivity contribution in [2.24, 2.45) is 0 Å². The van der Waals surface area contributed by atoms with Gasteiger partial charge in [-0.1, -0.05) is 0 Å². The van der Waals surface area contributed by atoms with Crippen LogP contribution < -0.4 is 0 Å². The van der Waals surface area contributed by atoms with Crippen molar-refractivity contribution in [2.45, 2.75) is 0 Å². The molecule has 0 saturated carbocycles. The molecule has 0 amide bonds. The third kappa shape index (κ3) is 80.3. The molecule has 0 aromatic rings. The van der Waals surface area contributed by atoms with Crippen molar-refractivity contribution in [3.05, 3.63) is 0 Å². The molecule has 0 aliphatic rings. The Morgan fingerprint density at radius 3 is 0.300 bits per heavy atom. The molecule has 6 nitrogen and oxygen atoms in total. The summed E-state index contributed by atoms with van der Waals surface area (Å²) in [6, 6.07) is 0. The van der Waals surface area contributed by atoms with Gasteiger partial charge in [0.05, 0.1) is 0 Å². The molecule has 0 atom stereocenters. The largest absolute Gasteiger partial charge is 2.00 e. The van der Waals surface area contributed by atoms with Gasteiger partial charge in [0.1, 0.15) is 0 Å². The van der Waals surface area contributed by atoms with Gasteiger partial charge in [-0.05, 0) is 0 Å². The molecule has 0 unspecified atom stereocenters. The zero-order valence-corrected chi connectivity index (χ0v) is 15.9. The SMILES string of the molecule is [Ca+2].[Ca+2].[Ca+2].[O-2].[O-2].[O-2].[O-2].[O-2].[O-2].[U]. The van der Waals surface area contributed by atoms with Gasteiger partial charge >= 0.3 is 113 Å². The molecule has 0 radical (unpaired) electrons. The zero-order valence-electron chi connectivity index (χ0n) is 5.07. The Hall–Kier alpha value is 4.59. The zero-order chi connectivity index (χ0) is 0. The minimum atomic E-state index is 0. The summed E-state index contributed by atoms with van der Waals surface area (Å²) in [5, 5.41) is 0. The van der Waals surface area contributed by atoms with E-state index in [1.807, 2.05) is 0 Å². The van der Waals surface area contributed by atoms with Crippen LogP contribution in [0, 0.1) is 31.1 Å². The van der Waals surface area contributed by atoms with Crippen molar-refractivity contribution >= 4 is 113 Å². The minimum absolute atomic E-state index is 0. The minimum Gasteiger partial charge on any atom is -2.00 e. The van der Waals surface area contributed by atoms with E-state index in [1.165, 1.54) is 0 Å². The first-order valence-corrected chi connectivity index (χ1v) is 0. The Kier molecular flexibility index (Phi) is 1310. The molecule has 52 valence electrons. The fourth-order valence-corrected chi connectivity index (χ4v) is 0. The molecule has 10 heavy (non-hydrogen) atoms. The fourth-order valence-electron chi connectivity index (χ4n) is 0. The van der Waals surface area contributed by atoms with Gasteiger partial charge < -0.3 is 32.9 Å². The molecule has 0 N–H and O–H groups in total. The Balaban J connectivity index is 0. The monoisotopic (exact) mass is 454 g/mol. The smallest absolute Gasteiger partial charge is 2.00 e. The molecular weight excluding hydrogens is 454 g/mol. The number of hydrogen-bond donors (Lipinski definition) is 0. The van der Waals surface area contributed by atoms with Crippen LogP contribution in [0.15, 0.2) is 0 Å². The van der Waals surface area contributed by atoms with Crippen LogP contribution in [0.5, 0.6) is 0 Å². The van der Waals surface area contributed by atoms with Gasteiger partial charge in [-0.2, -0.15) is 0 Å². The molecule has 0 aromatic heterocycles. The molecule has 0 spiro atoms. The summed E-state index contributed by atoms with van der Waals surface area (Å²) >= 11 is 0. The second-order valence-electron chi connectivity index (χ2n) is 0. The van der Waals surface area contributed by atoms with Crippen LogP contribution >= 0.6 is 0 Å². The van der Waals surface area contributed by atoms with E-state index in [-0.39, 0.29) is 177 Å². The molecule has 0 rings (SSSR count). The van der Waals surface area contributed by atoms with E-state index in [9.17, 15) is 0 Å². The Morgan fingerprint density at radius 2 is 0.300 bits per heavy atom. The van der Waals surface area contributed by atoms with Crippen LogP contribution in [0.4, 0.5) is 0 Å². The fraction of sp³-hybridized carbons (Fsp3) is 0. The summed E-state index contributed by atoms with van der Waals surface area (Å²) in [5.41, 5.74) is 0. The molecule has 0 bridgehead atoms. The maximum atomic E-state index is 0. The van der Waals surface area contributed by atoms with Gasteiger partial charge in [0.15, 0.2) is 0 Å². The summed E-state index contributed by atoms with van der Waals surface area (Å²) in [5.74, 6) is 0. The van der Waals surface area contributed by atoms with Gasteiger partial charge in [0, 0.05) is 31.1 Å². The topological polar surface area (TPSA) is 171 Å². The molecule has 0 fully saturated rings. The van der Waals surface area contributed by atoms with Crippen LogP contribution in [-0.2, 0) is 32.9 Å². The van der Waals surface area contributed by atoms with E-state index in [2.05, 4.69) is 0 Å². The van der Waals surface area contributed by atoms with Crippen LogP contribution in [0.25, 0.3) is 0 Å². The summed E-state index contributed by atoms with van der Waals surface area (Å²) in [7, 11) is 0. The second-order valence-corrected chi connectivity index (χ2v) is 0. The Bertz CT molecular complexity index is 13.0. The van der Waals surface area contributed by atoms with Gasteiger partial charge in [-0.25, -0.2) is 0 Å². The molecular formula is Ca3O6U-6. The van der Waals surface area contributed by atoms with Crippen molar-refractivity contribution in [3.63, 3.8) is 0 Å². The van der Waals surface area contributed by atoms with Crippen LogP contribution in [0.2, 0.25) is 0 Å². The molecule has 0 saturated heterocycles. The molecule has 0 aliphatic heterocycles. The number of hydrogen-bond acceptors (Lipinski definition) is 0. The summed E-state index contributed by atoms with van der Waals surface area (Å²) < 4.78 is 0. The van der Waals surface area contributed by atoms with Crippen molar-refractivity contribution < 1.29 is 64.0 Å². The summed E-state index contributed by atoms with van der Waals surface area (Å²) in [4.78, 5) is 0. The predicted molar refractivity (Wildman–Crippen MR) is 21.4 cm³/mol. The van der Waals surface area contributed by atoms with E-state index < -0.39 is 0 Å². The van der Waals surface area contributed by atoms with Gasteiger partial charge in [-0.15, -0.1) is 0 Å².